The largest absolute Gasteiger partial charge is 0.433 e. The van der Waals surface area contributed by atoms with Gasteiger partial charge in [-0.15, -0.1) is 21.5 Å². The highest BCUT2D eigenvalue weighted by molar-refractivity contribution is 7.13. The summed E-state index contributed by atoms with van der Waals surface area (Å²) in [5.41, 5.74) is 4.28. The van der Waals surface area contributed by atoms with Crippen molar-refractivity contribution in [2.75, 3.05) is 5.73 Å². The number of thiophene rings is 1. The zero-order chi connectivity index (χ0) is 21.5. The van der Waals surface area contributed by atoms with E-state index in [0.717, 1.165) is 12.1 Å². The number of nitro groups is 1. The lowest BCUT2D eigenvalue weighted by molar-refractivity contribution is -0.384. The highest BCUT2D eigenvalue weighted by atomic mass is 32.1. The molecule has 0 unspecified atom stereocenters. The third-order valence-corrected chi connectivity index (χ3v) is 4.85. The zero-order valence-corrected chi connectivity index (χ0v) is 15.6. The van der Waals surface area contributed by atoms with Crippen molar-refractivity contribution in [2.24, 2.45) is 10.2 Å². The molecule has 2 N–H and O–H groups in total. The van der Waals surface area contributed by atoms with E-state index >= 15 is 0 Å². The van der Waals surface area contributed by atoms with Crippen molar-refractivity contribution in [3.8, 4) is 10.6 Å². The van der Waals surface area contributed by atoms with Gasteiger partial charge in [-0.05, 0) is 23.6 Å². The van der Waals surface area contributed by atoms with Gasteiger partial charge in [0.05, 0.1) is 21.2 Å². The minimum absolute atomic E-state index is 0.0801. The van der Waals surface area contributed by atoms with E-state index in [-0.39, 0.29) is 34.2 Å². The van der Waals surface area contributed by atoms with Crippen molar-refractivity contribution >= 4 is 39.9 Å². The van der Waals surface area contributed by atoms with Gasteiger partial charge in [0.1, 0.15) is 0 Å². The second-order valence-corrected chi connectivity index (χ2v) is 6.90. The summed E-state index contributed by atoms with van der Waals surface area (Å²) in [5.74, 6) is -0.314. The summed E-state index contributed by atoms with van der Waals surface area (Å²) in [4.78, 5) is 15.0. The van der Waals surface area contributed by atoms with Gasteiger partial charge >= 0.3 is 6.18 Å². The lowest BCUT2D eigenvalue weighted by Crippen LogP contribution is -2.13. The molecule has 0 radical (unpaired) electrons. The van der Waals surface area contributed by atoms with Gasteiger partial charge in [0.15, 0.2) is 22.8 Å². The monoisotopic (exact) mass is 433 g/mol. The predicted octanol–water partition coefficient (Wildman–Crippen LogP) is 5.38. The van der Waals surface area contributed by atoms with Crippen LogP contribution in [0, 0.1) is 10.1 Å². The number of fused-ring (bicyclic) bond motifs is 1. The van der Waals surface area contributed by atoms with E-state index in [1.807, 2.05) is 0 Å². The van der Waals surface area contributed by atoms with Gasteiger partial charge in [0.25, 0.3) is 5.69 Å². The Hall–Kier alpha value is -3.87. The van der Waals surface area contributed by atoms with E-state index in [2.05, 4.69) is 20.3 Å². The molecule has 4 rings (SSSR count). The van der Waals surface area contributed by atoms with Crippen LogP contribution in [0.5, 0.6) is 0 Å². The zero-order valence-electron chi connectivity index (χ0n) is 14.7. The van der Waals surface area contributed by atoms with Crippen molar-refractivity contribution in [3.63, 3.8) is 0 Å². The van der Waals surface area contributed by atoms with E-state index in [1.54, 1.807) is 17.5 Å². The number of nitro benzene ring substituents is 1. The van der Waals surface area contributed by atoms with Crippen molar-refractivity contribution < 1.29 is 18.1 Å². The Morgan fingerprint density at radius 3 is 2.63 bits per heavy atom. The first-order valence-electron chi connectivity index (χ1n) is 8.20. The van der Waals surface area contributed by atoms with Crippen LogP contribution in [0.3, 0.4) is 0 Å². The number of anilines is 1. The summed E-state index contributed by atoms with van der Waals surface area (Å²) in [6, 6.07) is 9.49. The maximum Gasteiger partial charge on any atom is 0.433 e. The molecule has 0 saturated heterocycles. The summed E-state index contributed by atoms with van der Waals surface area (Å²) >= 11 is 1.22. The van der Waals surface area contributed by atoms with E-state index in [0.29, 0.717) is 9.39 Å². The number of alkyl halides is 3. The van der Waals surface area contributed by atoms with Crippen LogP contribution in [-0.2, 0) is 6.18 Å². The minimum atomic E-state index is -4.72. The molecule has 0 aliphatic carbocycles. The molecule has 152 valence electrons. The fourth-order valence-corrected chi connectivity index (χ4v) is 3.33. The molecule has 0 amide bonds. The fraction of sp³-hybridized carbons (Fsp3) is 0.0588. The number of non-ortho nitro benzene ring substituents is 1. The predicted molar refractivity (Wildman–Crippen MR) is 103 cm³/mol. The normalized spacial score (nSPS) is 12.1. The Bertz CT molecular complexity index is 1280. The molecule has 30 heavy (non-hydrogen) atoms. The van der Waals surface area contributed by atoms with E-state index in [9.17, 15) is 23.3 Å². The summed E-state index contributed by atoms with van der Waals surface area (Å²) in [5, 5.41) is 24.0. The standard InChI is InChI=1S/C17H10F3N7O2S/c18-17(19,20)13-8-11(12-5-2-6-30-12)22-16-14(15(21)25-26(13)16)24-23-9-3-1-4-10(7-9)27(28)29/h1-8H,(H2,21,25). The number of hydrogen-bond acceptors (Lipinski definition) is 8. The summed E-state index contributed by atoms with van der Waals surface area (Å²) in [6.07, 6.45) is -4.72. The SMILES string of the molecule is Nc1nn2c(C(F)(F)F)cc(-c3cccs3)nc2c1N=Nc1cccc([N+](=O)[O-])c1. The average Bonchev–Trinajstić information content (AvgIpc) is 3.32. The second-order valence-electron chi connectivity index (χ2n) is 5.95. The van der Waals surface area contributed by atoms with Gasteiger partial charge < -0.3 is 5.73 Å². The Labute approximate surface area is 169 Å². The van der Waals surface area contributed by atoms with E-state index in [4.69, 9.17) is 5.73 Å². The van der Waals surface area contributed by atoms with Crippen LogP contribution in [0.1, 0.15) is 5.69 Å². The molecule has 3 aromatic heterocycles. The molecule has 0 aliphatic heterocycles. The molecule has 0 spiro atoms. The van der Waals surface area contributed by atoms with Gasteiger partial charge in [0, 0.05) is 12.1 Å². The highest BCUT2D eigenvalue weighted by Crippen LogP contribution is 2.37. The number of nitrogens with two attached hydrogens (primary N) is 1. The quantitative estimate of drug-likeness (QED) is 0.263. The molecular formula is C17H10F3N7O2S. The molecule has 13 heteroatoms. The van der Waals surface area contributed by atoms with Gasteiger partial charge in [-0.2, -0.15) is 18.3 Å². The van der Waals surface area contributed by atoms with Crippen molar-refractivity contribution in [1.29, 1.82) is 0 Å². The summed E-state index contributed by atoms with van der Waals surface area (Å²) in [6.45, 7) is 0. The highest BCUT2D eigenvalue weighted by Gasteiger charge is 2.36. The van der Waals surface area contributed by atoms with Gasteiger partial charge in [0.2, 0.25) is 0 Å². The molecule has 9 nitrogen and oxygen atoms in total. The number of halogens is 3. The number of aromatic nitrogens is 3. The smallest absolute Gasteiger partial charge is 0.380 e. The molecule has 0 fully saturated rings. The van der Waals surface area contributed by atoms with Crippen LogP contribution >= 0.6 is 11.3 Å². The van der Waals surface area contributed by atoms with Crippen LogP contribution in [0.25, 0.3) is 16.2 Å². The molecule has 0 bridgehead atoms. The molecule has 0 saturated carbocycles. The van der Waals surface area contributed by atoms with Crippen LogP contribution in [-0.4, -0.2) is 19.5 Å². The second kappa shape index (κ2) is 7.18. The number of nitrogens with zero attached hydrogens (tertiary/aromatic N) is 6. The van der Waals surface area contributed by atoms with Crippen molar-refractivity contribution in [3.05, 3.63) is 63.7 Å². The van der Waals surface area contributed by atoms with Gasteiger partial charge in [-0.3, -0.25) is 10.1 Å². The van der Waals surface area contributed by atoms with Crippen LogP contribution in [0.15, 0.2) is 58.1 Å². The fourth-order valence-electron chi connectivity index (χ4n) is 2.65. The number of rotatable bonds is 4. The average molecular weight is 433 g/mol. The molecule has 4 aromatic rings. The first kappa shape index (κ1) is 19.4. The third-order valence-electron chi connectivity index (χ3n) is 3.96. The number of hydrogen-bond donors (Lipinski definition) is 1. The topological polar surface area (TPSA) is 124 Å². The number of benzene rings is 1. The van der Waals surface area contributed by atoms with Crippen LogP contribution in [0.4, 0.5) is 36.1 Å². The number of azo groups is 1. The van der Waals surface area contributed by atoms with Gasteiger partial charge in [-0.25, -0.2) is 9.50 Å². The maximum atomic E-state index is 13.6. The molecule has 0 atom stereocenters. The molecular weight excluding hydrogens is 423 g/mol. The Kier molecular flexibility index (Phi) is 4.66. The van der Waals surface area contributed by atoms with Crippen molar-refractivity contribution in [1.82, 2.24) is 14.6 Å². The Morgan fingerprint density at radius 1 is 1.17 bits per heavy atom. The van der Waals surface area contributed by atoms with Crippen LogP contribution < -0.4 is 5.73 Å². The summed E-state index contributed by atoms with van der Waals surface area (Å²) < 4.78 is 41.4. The lowest BCUT2D eigenvalue weighted by Gasteiger charge is -2.10. The van der Waals surface area contributed by atoms with Crippen molar-refractivity contribution in [2.45, 2.75) is 6.18 Å². The Balaban J connectivity index is 1.88. The Morgan fingerprint density at radius 2 is 1.97 bits per heavy atom. The van der Waals surface area contributed by atoms with E-state index < -0.39 is 16.8 Å². The van der Waals surface area contributed by atoms with Crippen LogP contribution in [0.2, 0.25) is 0 Å². The first-order valence-corrected chi connectivity index (χ1v) is 9.08. The lowest BCUT2D eigenvalue weighted by atomic mass is 10.2. The minimum Gasteiger partial charge on any atom is -0.380 e. The first-order chi connectivity index (χ1) is 14.2. The third kappa shape index (κ3) is 3.57. The van der Waals surface area contributed by atoms with E-state index in [1.165, 1.54) is 29.5 Å². The molecule has 1 aromatic carbocycles. The molecule has 0 aliphatic rings. The summed E-state index contributed by atoms with van der Waals surface area (Å²) in [7, 11) is 0. The molecule has 3 heterocycles. The van der Waals surface area contributed by atoms with Gasteiger partial charge in [-0.1, -0.05) is 12.1 Å². The maximum absolute atomic E-state index is 13.6. The number of nitrogen functional groups attached to an aromatic ring is 1.